The van der Waals surface area contributed by atoms with Crippen molar-refractivity contribution in [2.24, 2.45) is 0 Å². The van der Waals surface area contributed by atoms with Gasteiger partial charge in [0.1, 0.15) is 10.7 Å². The van der Waals surface area contributed by atoms with Gasteiger partial charge in [0.2, 0.25) is 10.0 Å². The lowest BCUT2D eigenvalue weighted by atomic mass is 10.0. The smallest absolute Gasteiger partial charge is 0.246 e. The predicted molar refractivity (Wildman–Crippen MR) is 72.6 cm³/mol. The summed E-state index contributed by atoms with van der Waals surface area (Å²) in [6.07, 6.45) is 3.43. The average Bonchev–Trinajstić information content (AvgIpc) is 2.38. The summed E-state index contributed by atoms with van der Waals surface area (Å²) in [4.78, 5) is -0.276. The quantitative estimate of drug-likeness (QED) is 0.868. The van der Waals surface area contributed by atoms with Gasteiger partial charge in [0.25, 0.3) is 0 Å². The van der Waals surface area contributed by atoms with E-state index in [1.165, 1.54) is 16.4 Å². The van der Waals surface area contributed by atoms with Gasteiger partial charge in [0.05, 0.1) is 0 Å². The second-order valence-electron chi connectivity index (χ2n) is 4.86. The molecule has 1 aromatic carbocycles. The average molecular weight is 286 g/mol. The third kappa shape index (κ3) is 2.74. The fourth-order valence-electron chi connectivity index (χ4n) is 2.55. The Morgan fingerprint density at radius 3 is 2.79 bits per heavy atom. The highest BCUT2D eigenvalue weighted by molar-refractivity contribution is 7.89. The lowest BCUT2D eigenvalue weighted by molar-refractivity contribution is 0.246. The van der Waals surface area contributed by atoms with Crippen LogP contribution in [-0.4, -0.2) is 25.3 Å². The van der Waals surface area contributed by atoms with E-state index >= 15 is 0 Å². The van der Waals surface area contributed by atoms with Gasteiger partial charge in [0, 0.05) is 18.3 Å². The summed E-state index contributed by atoms with van der Waals surface area (Å²) in [5, 5.41) is 0. The first kappa shape index (κ1) is 14.3. The van der Waals surface area contributed by atoms with Gasteiger partial charge in [-0.15, -0.1) is 0 Å². The predicted octanol–water partition coefficient (Wildman–Crippen LogP) is 2.36. The van der Waals surface area contributed by atoms with E-state index in [1.807, 2.05) is 6.92 Å². The molecule has 0 saturated carbocycles. The molecule has 0 aromatic heterocycles. The molecule has 106 valence electrons. The molecule has 0 amide bonds. The molecule has 1 aliphatic rings. The molecule has 0 radical (unpaired) electrons. The maximum absolute atomic E-state index is 13.8. The van der Waals surface area contributed by atoms with E-state index in [0.29, 0.717) is 6.54 Å². The van der Waals surface area contributed by atoms with Crippen molar-refractivity contribution in [1.82, 2.24) is 4.31 Å². The highest BCUT2D eigenvalue weighted by atomic mass is 32.2. The standard InChI is InChI=1S/C13H19FN2O2S/c1-2-11-5-3-4-8-16(11)19(17,18)13-7-6-10(15)9-12(13)14/h6-7,9,11H,2-5,8,15H2,1H3. The van der Waals surface area contributed by atoms with Gasteiger partial charge >= 0.3 is 0 Å². The minimum Gasteiger partial charge on any atom is -0.399 e. The first-order valence-electron chi connectivity index (χ1n) is 6.53. The van der Waals surface area contributed by atoms with Crippen molar-refractivity contribution in [3.8, 4) is 0 Å². The summed E-state index contributed by atoms with van der Waals surface area (Å²) in [6.45, 7) is 2.42. The van der Waals surface area contributed by atoms with Crippen molar-refractivity contribution >= 4 is 15.7 Å². The number of anilines is 1. The highest BCUT2D eigenvalue weighted by Crippen LogP contribution is 2.28. The Morgan fingerprint density at radius 2 is 2.16 bits per heavy atom. The van der Waals surface area contributed by atoms with E-state index in [2.05, 4.69) is 0 Å². The molecule has 0 spiro atoms. The third-order valence-corrected chi connectivity index (χ3v) is 5.57. The van der Waals surface area contributed by atoms with Gasteiger partial charge in [-0.1, -0.05) is 13.3 Å². The normalized spacial score (nSPS) is 21.5. The first-order valence-corrected chi connectivity index (χ1v) is 7.97. The SMILES string of the molecule is CCC1CCCCN1S(=O)(=O)c1ccc(N)cc1F. The van der Waals surface area contributed by atoms with Crippen LogP contribution in [0, 0.1) is 5.82 Å². The van der Waals surface area contributed by atoms with Crippen molar-refractivity contribution < 1.29 is 12.8 Å². The van der Waals surface area contributed by atoms with Crippen molar-refractivity contribution in [3.05, 3.63) is 24.0 Å². The maximum Gasteiger partial charge on any atom is 0.246 e. The molecule has 1 fully saturated rings. The number of halogens is 1. The van der Waals surface area contributed by atoms with Crippen LogP contribution in [0.1, 0.15) is 32.6 Å². The Labute approximate surface area is 113 Å². The van der Waals surface area contributed by atoms with Crippen LogP contribution in [-0.2, 0) is 10.0 Å². The molecule has 1 heterocycles. The number of benzene rings is 1. The van der Waals surface area contributed by atoms with Gasteiger partial charge in [-0.2, -0.15) is 4.31 Å². The highest BCUT2D eigenvalue weighted by Gasteiger charge is 2.34. The molecule has 19 heavy (non-hydrogen) atoms. The first-order chi connectivity index (χ1) is 8.96. The Balaban J connectivity index is 2.40. The van der Waals surface area contributed by atoms with Gasteiger partial charge in [-0.3, -0.25) is 0 Å². The second kappa shape index (κ2) is 5.46. The van der Waals surface area contributed by atoms with Crippen molar-refractivity contribution in [2.45, 2.75) is 43.5 Å². The molecular weight excluding hydrogens is 267 g/mol. The summed E-state index contributed by atoms with van der Waals surface area (Å²) in [5.74, 6) is -0.777. The molecule has 0 aliphatic carbocycles. The topological polar surface area (TPSA) is 63.4 Å². The van der Waals surface area contributed by atoms with Crippen LogP contribution in [0.3, 0.4) is 0 Å². The lowest BCUT2D eigenvalue weighted by Gasteiger charge is -2.34. The van der Waals surface area contributed by atoms with Crippen LogP contribution in [0.2, 0.25) is 0 Å². The fourth-order valence-corrected chi connectivity index (χ4v) is 4.37. The van der Waals surface area contributed by atoms with Gasteiger partial charge in [-0.25, -0.2) is 12.8 Å². The summed E-state index contributed by atoms with van der Waals surface area (Å²) in [7, 11) is -3.77. The molecule has 2 N–H and O–H groups in total. The van der Waals surface area contributed by atoms with Gasteiger partial charge in [0.15, 0.2) is 0 Å². The summed E-state index contributed by atoms with van der Waals surface area (Å²) in [5.41, 5.74) is 5.68. The summed E-state index contributed by atoms with van der Waals surface area (Å²) in [6, 6.07) is 3.69. The van der Waals surface area contributed by atoms with Crippen LogP contribution in [0.5, 0.6) is 0 Å². The number of hydrogen-bond donors (Lipinski definition) is 1. The van der Waals surface area contributed by atoms with E-state index in [1.54, 1.807) is 0 Å². The molecular formula is C13H19FN2O2S. The number of piperidine rings is 1. The van der Waals surface area contributed by atoms with E-state index in [-0.39, 0.29) is 16.6 Å². The molecule has 6 heteroatoms. The van der Waals surface area contributed by atoms with Crippen LogP contribution in [0.4, 0.5) is 10.1 Å². The lowest BCUT2D eigenvalue weighted by Crippen LogP contribution is -2.43. The number of nitrogen functional groups attached to an aromatic ring is 1. The molecule has 1 aliphatic heterocycles. The van der Waals surface area contributed by atoms with Crippen LogP contribution >= 0.6 is 0 Å². The largest absolute Gasteiger partial charge is 0.399 e. The molecule has 1 aromatic rings. The van der Waals surface area contributed by atoms with Crippen LogP contribution < -0.4 is 5.73 Å². The zero-order valence-corrected chi connectivity index (χ0v) is 11.8. The van der Waals surface area contributed by atoms with Gasteiger partial charge < -0.3 is 5.73 Å². The zero-order chi connectivity index (χ0) is 14.0. The molecule has 1 atom stereocenters. The van der Waals surface area contributed by atoms with Crippen LogP contribution in [0.25, 0.3) is 0 Å². The van der Waals surface area contributed by atoms with E-state index < -0.39 is 15.8 Å². The van der Waals surface area contributed by atoms with E-state index in [0.717, 1.165) is 31.7 Å². The minimum absolute atomic E-state index is 0.0318. The van der Waals surface area contributed by atoms with Crippen molar-refractivity contribution in [3.63, 3.8) is 0 Å². The maximum atomic E-state index is 13.8. The summed E-state index contributed by atoms with van der Waals surface area (Å²) < 4.78 is 40.3. The Morgan fingerprint density at radius 1 is 1.42 bits per heavy atom. The van der Waals surface area contributed by atoms with Crippen LogP contribution in [0.15, 0.2) is 23.1 Å². The minimum atomic E-state index is -3.77. The fraction of sp³-hybridized carbons (Fsp3) is 0.538. The summed E-state index contributed by atoms with van der Waals surface area (Å²) >= 11 is 0. The molecule has 2 rings (SSSR count). The second-order valence-corrected chi connectivity index (χ2v) is 6.72. The number of nitrogens with zero attached hydrogens (tertiary/aromatic N) is 1. The Bertz CT molecular complexity index is 560. The van der Waals surface area contributed by atoms with E-state index in [4.69, 9.17) is 5.73 Å². The van der Waals surface area contributed by atoms with Gasteiger partial charge in [-0.05, 0) is 37.5 Å². The number of nitrogens with two attached hydrogens (primary N) is 1. The third-order valence-electron chi connectivity index (χ3n) is 3.59. The molecule has 1 unspecified atom stereocenters. The van der Waals surface area contributed by atoms with Crippen molar-refractivity contribution in [2.75, 3.05) is 12.3 Å². The Kier molecular flexibility index (Phi) is 4.10. The van der Waals surface area contributed by atoms with E-state index in [9.17, 15) is 12.8 Å². The molecule has 4 nitrogen and oxygen atoms in total. The molecule has 1 saturated heterocycles. The van der Waals surface area contributed by atoms with Crippen molar-refractivity contribution in [1.29, 1.82) is 0 Å². The number of sulfonamides is 1. The number of rotatable bonds is 3. The molecule has 0 bridgehead atoms. The number of hydrogen-bond acceptors (Lipinski definition) is 3. The zero-order valence-electron chi connectivity index (χ0n) is 11.0. The Hall–Kier alpha value is -1.14. The monoisotopic (exact) mass is 286 g/mol.